The van der Waals surface area contributed by atoms with Gasteiger partial charge in [0.25, 0.3) is 0 Å². The summed E-state index contributed by atoms with van der Waals surface area (Å²) in [5.41, 5.74) is 0. The van der Waals surface area contributed by atoms with Crippen LogP contribution in [-0.4, -0.2) is 4.98 Å². The van der Waals surface area contributed by atoms with E-state index in [9.17, 15) is 0 Å². The van der Waals surface area contributed by atoms with Crippen molar-refractivity contribution in [1.29, 1.82) is 0 Å². The number of aromatic nitrogens is 1. The Labute approximate surface area is 106 Å². The van der Waals surface area contributed by atoms with Gasteiger partial charge in [-0.3, -0.25) is 0 Å². The summed E-state index contributed by atoms with van der Waals surface area (Å²) >= 11 is 0. The first-order valence-corrected chi connectivity index (χ1v) is 7.27. The van der Waals surface area contributed by atoms with Gasteiger partial charge in [0.15, 0.2) is 5.89 Å². The normalized spacial score (nSPS) is 12.8. The molecule has 1 aromatic heterocycles. The van der Waals surface area contributed by atoms with E-state index in [-0.39, 0.29) is 0 Å². The fraction of sp³-hybridized carbons (Fsp3) is 0.800. The van der Waals surface area contributed by atoms with Gasteiger partial charge in [0.2, 0.25) is 0 Å². The molecule has 0 radical (unpaired) electrons. The van der Waals surface area contributed by atoms with Crippen molar-refractivity contribution < 1.29 is 4.42 Å². The highest BCUT2D eigenvalue weighted by Crippen LogP contribution is 2.27. The van der Waals surface area contributed by atoms with Crippen LogP contribution in [0.3, 0.4) is 0 Å². The van der Waals surface area contributed by atoms with E-state index in [1.165, 1.54) is 57.8 Å². The molecule has 0 fully saturated rings. The van der Waals surface area contributed by atoms with Gasteiger partial charge in [0.1, 0.15) is 6.26 Å². The minimum Gasteiger partial charge on any atom is -0.449 e. The fourth-order valence-corrected chi connectivity index (χ4v) is 2.29. The van der Waals surface area contributed by atoms with Gasteiger partial charge in [-0.2, -0.15) is 0 Å². The molecule has 0 aliphatic heterocycles. The Kier molecular flexibility index (Phi) is 7.78. The zero-order valence-electron chi connectivity index (χ0n) is 11.5. The summed E-state index contributed by atoms with van der Waals surface area (Å²) in [7, 11) is 0. The molecule has 0 aromatic carbocycles. The third kappa shape index (κ3) is 5.90. The van der Waals surface area contributed by atoms with E-state index in [4.69, 9.17) is 4.42 Å². The van der Waals surface area contributed by atoms with Crippen molar-refractivity contribution >= 4 is 0 Å². The molecule has 0 aliphatic carbocycles. The molecular formula is C15H27NO. The summed E-state index contributed by atoms with van der Waals surface area (Å²) in [6.45, 7) is 4.51. The average Bonchev–Trinajstić information content (AvgIpc) is 2.86. The molecule has 1 atom stereocenters. The van der Waals surface area contributed by atoms with Crippen LogP contribution in [0.4, 0.5) is 0 Å². The van der Waals surface area contributed by atoms with Gasteiger partial charge >= 0.3 is 0 Å². The van der Waals surface area contributed by atoms with E-state index < -0.39 is 0 Å². The summed E-state index contributed by atoms with van der Waals surface area (Å²) < 4.78 is 5.47. The molecule has 17 heavy (non-hydrogen) atoms. The lowest BCUT2D eigenvalue weighted by atomic mass is 9.94. The first-order valence-electron chi connectivity index (χ1n) is 7.27. The van der Waals surface area contributed by atoms with Crippen LogP contribution in [0.1, 0.15) is 83.4 Å². The Morgan fingerprint density at radius 1 is 1.00 bits per heavy atom. The predicted octanol–water partition coefficient (Wildman–Crippen LogP) is 5.31. The van der Waals surface area contributed by atoms with Crippen molar-refractivity contribution in [2.45, 2.75) is 77.6 Å². The Balaban J connectivity index is 2.31. The van der Waals surface area contributed by atoms with Gasteiger partial charge in [0, 0.05) is 5.92 Å². The van der Waals surface area contributed by atoms with E-state index in [2.05, 4.69) is 18.8 Å². The molecular weight excluding hydrogens is 210 g/mol. The molecule has 0 spiro atoms. The zero-order chi connectivity index (χ0) is 12.3. The first-order chi connectivity index (χ1) is 8.38. The molecule has 0 saturated heterocycles. The first kappa shape index (κ1) is 14.3. The summed E-state index contributed by atoms with van der Waals surface area (Å²) in [5.74, 6) is 1.51. The Bertz CT molecular complexity index is 256. The highest BCUT2D eigenvalue weighted by Gasteiger charge is 2.14. The molecule has 98 valence electrons. The van der Waals surface area contributed by atoms with E-state index in [0.717, 1.165) is 5.89 Å². The van der Waals surface area contributed by atoms with Gasteiger partial charge in [0.05, 0.1) is 6.20 Å². The Morgan fingerprint density at radius 3 is 2.24 bits per heavy atom. The van der Waals surface area contributed by atoms with E-state index >= 15 is 0 Å². The van der Waals surface area contributed by atoms with Crippen molar-refractivity contribution in [1.82, 2.24) is 4.98 Å². The maximum atomic E-state index is 5.47. The van der Waals surface area contributed by atoms with Crippen LogP contribution in [0.25, 0.3) is 0 Å². The van der Waals surface area contributed by atoms with Gasteiger partial charge in [-0.1, -0.05) is 58.8 Å². The van der Waals surface area contributed by atoms with Crippen molar-refractivity contribution in [3.8, 4) is 0 Å². The quantitative estimate of drug-likeness (QED) is 0.515. The standard InChI is InChI=1S/C15H27NO/c1-3-5-7-9-11-14(10-8-6-4-2)15-16-12-13-17-15/h12-14H,3-11H2,1-2H3. The Morgan fingerprint density at radius 2 is 1.65 bits per heavy atom. The van der Waals surface area contributed by atoms with Crippen LogP contribution >= 0.6 is 0 Å². The molecule has 1 rings (SSSR count). The van der Waals surface area contributed by atoms with E-state index in [1.807, 2.05) is 0 Å². The van der Waals surface area contributed by atoms with Crippen molar-refractivity contribution in [3.63, 3.8) is 0 Å². The molecule has 2 heteroatoms. The van der Waals surface area contributed by atoms with Crippen molar-refractivity contribution in [2.24, 2.45) is 0 Å². The summed E-state index contributed by atoms with van der Waals surface area (Å²) in [4.78, 5) is 4.33. The van der Waals surface area contributed by atoms with Crippen LogP contribution in [0.2, 0.25) is 0 Å². The lowest BCUT2D eigenvalue weighted by molar-refractivity contribution is 0.395. The number of unbranched alkanes of at least 4 members (excludes halogenated alkanes) is 5. The van der Waals surface area contributed by atoms with Gasteiger partial charge < -0.3 is 4.42 Å². The number of hydrogen-bond acceptors (Lipinski definition) is 2. The summed E-state index contributed by atoms with van der Waals surface area (Å²) in [6, 6.07) is 0. The molecule has 0 bridgehead atoms. The van der Waals surface area contributed by atoms with Crippen LogP contribution in [0, 0.1) is 0 Å². The van der Waals surface area contributed by atoms with Gasteiger partial charge in [-0.15, -0.1) is 0 Å². The van der Waals surface area contributed by atoms with E-state index in [0.29, 0.717) is 5.92 Å². The minimum atomic E-state index is 0.549. The second-order valence-corrected chi connectivity index (χ2v) is 4.91. The second-order valence-electron chi connectivity index (χ2n) is 4.91. The zero-order valence-corrected chi connectivity index (χ0v) is 11.5. The highest BCUT2D eigenvalue weighted by molar-refractivity contribution is 4.91. The molecule has 1 unspecified atom stereocenters. The van der Waals surface area contributed by atoms with Crippen molar-refractivity contribution in [3.05, 3.63) is 18.4 Å². The smallest absolute Gasteiger partial charge is 0.197 e. The van der Waals surface area contributed by atoms with Crippen LogP contribution in [0.5, 0.6) is 0 Å². The van der Waals surface area contributed by atoms with Gasteiger partial charge in [-0.05, 0) is 12.8 Å². The second kappa shape index (κ2) is 9.26. The molecule has 0 aliphatic rings. The van der Waals surface area contributed by atoms with E-state index in [1.54, 1.807) is 12.5 Å². The number of nitrogens with zero attached hydrogens (tertiary/aromatic N) is 1. The lowest BCUT2D eigenvalue weighted by Gasteiger charge is -2.12. The topological polar surface area (TPSA) is 26.0 Å². The largest absolute Gasteiger partial charge is 0.449 e. The van der Waals surface area contributed by atoms with Crippen molar-refractivity contribution in [2.75, 3.05) is 0 Å². The number of oxazole rings is 1. The molecule has 0 saturated carbocycles. The fourth-order valence-electron chi connectivity index (χ4n) is 2.29. The molecule has 0 N–H and O–H groups in total. The Hall–Kier alpha value is -0.790. The maximum absolute atomic E-state index is 5.47. The monoisotopic (exact) mass is 237 g/mol. The van der Waals surface area contributed by atoms with Crippen LogP contribution in [-0.2, 0) is 0 Å². The van der Waals surface area contributed by atoms with Crippen LogP contribution in [0.15, 0.2) is 16.9 Å². The predicted molar refractivity (Wildman–Crippen MR) is 72.1 cm³/mol. The molecule has 2 nitrogen and oxygen atoms in total. The number of hydrogen-bond donors (Lipinski definition) is 0. The lowest BCUT2D eigenvalue weighted by Crippen LogP contribution is -2.00. The third-order valence-corrected chi connectivity index (χ3v) is 3.36. The summed E-state index contributed by atoms with van der Waals surface area (Å²) in [5, 5.41) is 0. The minimum absolute atomic E-state index is 0.549. The molecule has 0 amide bonds. The average molecular weight is 237 g/mol. The third-order valence-electron chi connectivity index (χ3n) is 3.36. The summed E-state index contributed by atoms with van der Waals surface area (Å²) in [6.07, 6.45) is 15.2. The number of rotatable bonds is 10. The maximum Gasteiger partial charge on any atom is 0.197 e. The SMILES string of the molecule is CCCCCCC(CCCCC)c1ncco1. The molecule has 1 heterocycles. The van der Waals surface area contributed by atoms with Crippen LogP contribution < -0.4 is 0 Å². The molecule has 1 aromatic rings. The highest BCUT2D eigenvalue weighted by atomic mass is 16.3. The van der Waals surface area contributed by atoms with Gasteiger partial charge in [-0.25, -0.2) is 4.98 Å².